The highest BCUT2D eigenvalue weighted by Gasteiger charge is 2.29. The molecule has 0 aromatic carbocycles. The number of hydrogen-bond donors (Lipinski definition) is 3. The first kappa shape index (κ1) is 14.8. The minimum Gasteiger partial charge on any atom is -0.389 e. The monoisotopic (exact) mass is 274 g/mol. The number of rotatable bonds is 5. The summed E-state index contributed by atoms with van der Waals surface area (Å²) in [5, 5.41) is 9.49. The lowest BCUT2D eigenvalue weighted by molar-refractivity contribution is 0.0639. The van der Waals surface area contributed by atoms with Crippen LogP contribution in [0.25, 0.3) is 0 Å². The predicted molar refractivity (Wildman–Crippen MR) is 68.2 cm³/mol. The molecule has 1 aromatic heterocycles. The van der Waals surface area contributed by atoms with Gasteiger partial charge in [0.2, 0.25) is 0 Å². The van der Waals surface area contributed by atoms with E-state index in [1.807, 2.05) is 0 Å². The lowest BCUT2D eigenvalue weighted by Gasteiger charge is -2.25. The average Bonchev–Trinajstić information content (AvgIpc) is 2.26. The van der Waals surface area contributed by atoms with Gasteiger partial charge in [-0.1, -0.05) is 0 Å². The largest absolute Gasteiger partial charge is 0.389 e. The number of pyridine rings is 1. The molecule has 0 amide bonds. The van der Waals surface area contributed by atoms with Crippen LogP contribution in [0.5, 0.6) is 0 Å². The van der Waals surface area contributed by atoms with Gasteiger partial charge in [-0.3, -0.25) is 5.84 Å². The zero-order valence-electron chi connectivity index (χ0n) is 10.6. The number of nitrogens with two attached hydrogens (primary N) is 1. The molecule has 0 aliphatic rings. The lowest BCUT2D eigenvalue weighted by atomic mass is 10.1. The second kappa shape index (κ2) is 5.19. The smallest absolute Gasteiger partial charge is 0.262 e. The first-order valence-corrected chi connectivity index (χ1v) is 6.73. The quantitative estimate of drug-likeness (QED) is 0.505. The van der Waals surface area contributed by atoms with E-state index < -0.39 is 15.6 Å². The molecule has 1 rings (SSSR count). The summed E-state index contributed by atoms with van der Waals surface area (Å²) in [5.41, 5.74) is 1.36. The van der Waals surface area contributed by atoms with Crippen LogP contribution in [-0.2, 0) is 10.0 Å². The molecule has 18 heavy (non-hydrogen) atoms. The summed E-state index contributed by atoms with van der Waals surface area (Å²) in [6.07, 6.45) is 1.37. The third kappa shape index (κ3) is 3.39. The summed E-state index contributed by atoms with van der Waals surface area (Å²) in [5.74, 6) is 5.25. The normalized spacial score (nSPS) is 12.8. The van der Waals surface area contributed by atoms with Crippen molar-refractivity contribution < 1.29 is 13.5 Å². The van der Waals surface area contributed by atoms with Crippen molar-refractivity contribution >= 4 is 15.7 Å². The van der Waals surface area contributed by atoms with E-state index in [4.69, 9.17) is 5.84 Å². The first-order chi connectivity index (χ1) is 8.18. The zero-order chi connectivity index (χ0) is 14.0. The summed E-state index contributed by atoms with van der Waals surface area (Å²) in [7, 11) is -2.42. The summed E-state index contributed by atoms with van der Waals surface area (Å²) < 4.78 is 25.5. The van der Waals surface area contributed by atoms with E-state index in [2.05, 4.69) is 10.4 Å². The molecule has 0 saturated carbocycles. The third-order valence-corrected chi connectivity index (χ3v) is 3.95. The number of aliphatic hydroxyl groups is 1. The molecule has 0 radical (unpaired) electrons. The van der Waals surface area contributed by atoms with Gasteiger partial charge < -0.3 is 10.5 Å². The van der Waals surface area contributed by atoms with Crippen molar-refractivity contribution in [3.05, 3.63) is 18.3 Å². The topological polar surface area (TPSA) is 109 Å². The fourth-order valence-electron chi connectivity index (χ4n) is 1.48. The highest BCUT2D eigenvalue weighted by Crippen LogP contribution is 2.21. The molecule has 0 aliphatic heterocycles. The molecule has 8 heteroatoms. The Morgan fingerprint density at radius 2 is 2.17 bits per heavy atom. The Labute approximate surface area is 107 Å². The second-order valence-electron chi connectivity index (χ2n) is 4.57. The number of nitrogens with one attached hydrogen (secondary N) is 1. The van der Waals surface area contributed by atoms with Gasteiger partial charge in [-0.15, -0.1) is 0 Å². The van der Waals surface area contributed by atoms with Crippen molar-refractivity contribution in [2.45, 2.75) is 24.5 Å². The molecular formula is C10H18N4O3S. The number of hydrogen-bond acceptors (Lipinski definition) is 6. The van der Waals surface area contributed by atoms with E-state index in [-0.39, 0.29) is 17.3 Å². The van der Waals surface area contributed by atoms with Crippen LogP contribution in [0, 0.1) is 0 Å². The Bertz CT molecular complexity index is 510. The number of anilines is 1. The Morgan fingerprint density at radius 3 is 2.67 bits per heavy atom. The zero-order valence-corrected chi connectivity index (χ0v) is 11.4. The van der Waals surface area contributed by atoms with Crippen molar-refractivity contribution in [3.8, 4) is 0 Å². The molecule has 0 saturated heterocycles. The van der Waals surface area contributed by atoms with Crippen LogP contribution >= 0.6 is 0 Å². The maximum absolute atomic E-state index is 12.2. The molecule has 0 fully saturated rings. The number of likely N-dealkylation sites (N-methyl/N-ethyl adjacent to an activating group) is 1. The second-order valence-corrected chi connectivity index (χ2v) is 6.53. The molecule has 1 heterocycles. The van der Waals surface area contributed by atoms with Crippen LogP contribution in [-0.4, -0.2) is 42.0 Å². The van der Waals surface area contributed by atoms with Gasteiger partial charge in [0.15, 0.2) is 5.03 Å². The molecule has 1 aromatic rings. The van der Waals surface area contributed by atoms with Crippen LogP contribution in [0.3, 0.4) is 0 Å². The van der Waals surface area contributed by atoms with Gasteiger partial charge >= 0.3 is 0 Å². The van der Waals surface area contributed by atoms with Crippen LogP contribution in [0.1, 0.15) is 13.8 Å². The third-order valence-electron chi connectivity index (χ3n) is 2.19. The van der Waals surface area contributed by atoms with E-state index >= 15 is 0 Å². The van der Waals surface area contributed by atoms with Gasteiger partial charge in [0.05, 0.1) is 11.3 Å². The minimum absolute atomic E-state index is 0.0457. The van der Waals surface area contributed by atoms with Crippen molar-refractivity contribution in [1.29, 1.82) is 0 Å². The van der Waals surface area contributed by atoms with Crippen molar-refractivity contribution in [2.75, 3.05) is 19.0 Å². The molecule has 0 bridgehead atoms. The Kier molecular flexibility index (Phi) is 4.28. The molecule has 0 atom stereocenters. The molecule has 0 spiro atoms. The highest BCUT2D eigenvalue weighted by atomic mass is 32.2. The van der Waals surface area contributed by atoms with E-state index in [0.717, 1.165) is 4.31 Å². The van der Waals surface area contributed by atoms with Crippen molar-refractivity contribution in [3.63, 3.8) is 0 Å². The molecular weight excluding hydrogens is 256 g/mol. The van der Waals surface area contributed by atoms with E-state index in [1.165, 1.54) is 33.2 Å². The average molecular weight is 274 g/mol. The number of nitrogens with zero attached hydrogens (tertiary/aromatic N) is 2. The van der Waals surface area contributed by atoms with Gasteiger partial charge in [-0.05, 0) is 26.0 Å². The SMILES string of the molecule is CN(CC(C)(C)O)S(=O)(=O)c1ncccc1NN. The molecule has 7 nitrogen and oxygen atoms in total. The number of hydrazine groups is 1. The van der Waals surface area contributed by atoms with E-state index in [1.54, 1.807) is 6.07 Å². The fraction of sp³-hybridized carbons (Fsp3) is 0.500. The van der Waals surface area contributed by atoms with Gasteiger partial charge in [-0.25, -0.2) is 13.4 Å². The number of aromatic nitrogens is 1. The van der Waals surface area contributed by atoms with Crippen molar-refractivity contribution in [2.24, 2.45) is 5.84 Å². The summed E-state index contributed by atoms with van der Waals surface area (Å²) >= 11 is 0. The van der Waals surface area contributed by atoms with Crippen LogP contribution < -0.4 is 11.3 Å². The van der Waals surface area contributed by atoms with Crippen LogP contribution in [0.4, 0.5) is 5.69 Å². The standard InChI is InChI=1S/C10H18N4O3S/c1-10(2,15)7-14(3)18(16,17)9-8(13-11)5-4-6-12-9/h4-6,13,15H,7,11H2,1-3H3. The fourth-order valence-corrected chi connectivity index (χ4v) is 2.86. The van der Waals surface area contributed by atoms with E-state index in [9.17, 15) is 13.5 Å². The summed E-state index contributed by atoms with van der Waals surface area (Å²) in [6.45, 7) is 3.01. The highest BCUT2D eigenvalue weighted by molar-refractivity contribution is 7.89. The Balaban J connectivity index is 3.14. The van der Waals surface area contributed by atoms with Gasteiger partial charge in [0.1, 0.15) is 0 Å². The van der Waals surface area contributed by atoms with Gasteiger partial charge in [-0.2, -0.15) is 4.31 Å². The predicted octanol–water partition coefficient (Wildman–Crippen LogP) is -0.241. The molecule has 0 aliphatic carbocycles. The van der Waals surface area contributed by atoms with E-state index in [0.29, 0.717) is 0 Å². The van der Waals surface area contributed by atoms with Crippen LogP contribution in [0.2, 0.25) is 0 Å². The summed E-state index contributed by atoms with van der Waals surface area (Å²) in [4.78, 5) is 3.82. The Morgan fingerprint density at radius 1 is 1.56 bits per heavy atom. The number of nitrogen functional groups attached to an aromatic ring is 1. The first-order valence-electron chi connectivity index (χ1n) is 5.29. The summed E-state index contributed by atoms with van der Waals surface area (Å²) in [6, 6.07) is 3.09. The molecule has 4 N–H and O–H groups in total. The molecule has 102 valence electrons. The maximum Gasteiger partial charge on any atom is 0.262 e. The van der Waals surface area contributed by atoms with Crippen molar-refractivity contribution in [1.82, 2.24) is 9.29 Å². The Hall–Kier alpha value is -1.22. The maximum atomic E-state index is 12.2. The minimum atomic E-state index is -3.80. The van der Waals surface area contributed by atoms with Crippen LogP contribution in [0.15, 0.2) is 23.4 Å². The molecule has 0 unspecified atom stereocenters. The van der Waals surface area contributed by atoms with Gasteiger partial charge in [0.25, 0.3) is 10.0 Å². The lowest BCUT2D eigenvalue weighted by Crippen LogP contribution is -2.40. The number of sulfonamides is 1. The van der Waals surface area contributed by atoms with Gasteiger partial charge in [0, 0.05) is 19.8 Å².